The van der Waals surface area contributed by atoms with Crippen molar-refractivity contribution in [2.75, 3.05) is 43.8 Å². The summed E-state index contributed by atoms with van der Waals surface area (Å²) in [5.74, 6) is 1.90. The lowest BCUT2D eigenvalue weighted by molar-refractivity contribution is -0.117. The molecule has 2 aromatic heterocycles. The van der Waals surface area contributed by atoms with Crippen LogP contribution in [0.25, 0.3) is 11.0 Å². The maximum Gasteiger partial charge on any atom is 0.240 e. The van der Waals surface area contributed by atoms with Crippen molar-refractivity contribution in [1.29, 1.82) is 0 Å². The number of hydrogen-bond donors (Lipinski definition) is 2. The molecule has 1 saturated heterocycles. The Balaban J connectivity index is 1.22. The van der Waals surface area contributed by atoms with Crippen LogP contribution < -0.4 is 5.32 Å². The van der Waals surface area contributed by atoms with Crippen molar-refractivity contribution in [3.05, 3.63) is 30.1 Å². The molecule has 148 valence electrons. The summed E-state index contributed by atoms with van der Waals surface area (Å²) in [6.45, 7) is 6.81. The number of rotatable bonds is 7. The van der Waals surface area contributed by atoms with Crippen LogP contribution in [0.5, 0.6) is 0 Å². The highest BCUT2D eigenvalue weighted by Crippen LogP contribution is 2.24. The van der Waals surface area contributed by atoms with E-state index in [1.807, 2.05) is 24.3 Å². The fourth-order valence-corrected chi connectivity index (χ4v) is 4.87. The Kier molecular flexibility index (Phi) is 6.20. The van der Waals surface area contributed by atoms with Gasteiger partial charge in [-0.15, -0.1) is 10.2 Å². The van der Waals surface area contributed by atoms with Gasteiger partial charge in [-0.2, -0.15) is 0 Å². The predicted octanol–water partition coefficient (Wildman–Crippen LogP) is 2.28. The smallest absolute Gasteiger partial charge is 0.240 e. The van der Waals surface area contributed by atoms with E-state index < -0.39 is 0 Å². The van der Waals surface area contributed by atoms with Gasteiger partial charge in [-0.25, -0.2) is 4.98 Å². The number of nitrogens with zero attached hydrogens (tertiary/aromatic N) is 5. The van der Waals surface area contributed by atoms with Crippen molar-refractivity contribution >= 4 is 45.2 Å². The molecule has 2 N–H and O–H groups in total. The Hall–Kier alpha value is -2.01. The van der Waals surface area contributed by atoms with Crippen molar-refractivity contribution in [1.82, 2.24) is 30.0 Å². The molecular weight excluding hydrogens is 394 g/mol. The first-order chi connectivity index (χ1) is 13.7. The highest BCUT2D eigenvalue weighted by Gasteiger charge is 2.20. The van der Waals surface area contributed by atoms with Crippen molar-refractivity contribution < 1.29 is 4.79 Å². The minimum absolute atomic E-state index is 0.0325. The van der Waals surface area contributed by atoms with Crippen LogP contribution in [-0.4, -0.2) is 74.3 Å². The van der Waals surface area contributed by atoms with Gasteiger partial charge in [0.05, 0.1) is 24.1 Å². The van der Waals surface area contributed by atoms with Gasteiger partial charge in [-0.1, -0.05) is 42.2 Å². The zero-order valence-electron chi connectivity index (χ0n) is 15.7. The second-order valence-electron chi connectivity index (χ2n) is 6.61. The molecule has 28 heavy (non-hydrogen) atoms. The number of anilines is 1. The number of imidazole rings is 1. The maximum atomic E-state index is 12.3. The Labute approximate surface area is 171 Å². The molecule has 1 aliphatic rings. The molecular formula is C18H23N7OS2. The summed E-state index contributed by atoms with van der Waals surface area (Å²) in [7, 11) is 0. The number of amides is 1. The van der Waals surface area contributed by atoms with E-state index in [9.17, 15) is 4.79 Å². The van der Waals surface area contributed by atoms with Crippen LogP contribution in [0.2, 0.25) is 0 Å². The first-order valence-electron chi connectivity index (χ1n) is 9.34. The van der Waals surface area contributed by atoms with E-state index in [0.717, 1.165) is 59.7 Å². The monoisotopic (exact) mass is 417 g/mol. The summed E-state index contributed by atoms with van der Waals surface area (Å²) < 4.78 is 0.886. The molecule has 10 heteroatoms. The van der Waals surface area contributed by atoms with Gasteiger partial charge in [0.2, 0.25) is 11.0 Å². The fourth-order valence-electron chi connectivity index (χ4n) is 3.20. The molecule has 1 amide bonds. The molecule has 8 nitrogen and oxygen atoms in total. The van der Waals surface area contributed by atoms with E-state index in [1.165, 1.54) is 11.3 Å². The quantitative estimate of drug-likeness (QED) is 0.450. The van der Waals surface area contributed by atoms with Crippen LogP contribution in [0.3, 0.4) is 0 Å². The molecule has 0 saturated carbocycles. The largest absolute Gasteiger partial charge is 0.341 e. The number of hydrogen-bond acceptors (Lipinski definition) is 8. The van der Waals surface area contributed by atoms with Gasteiger partial charge in [-0.05, 0) is 17.9 Å². The second-order valence-corrected chi connectivity index (χ2v) is 9.10. The number of aromatic nitrogens is 4. The normalized spacial score (nSPS) is 15.9. The minimum Gasteiger partial charge on any atom is -0.341 e. The number of nitrogens with one attached hydrogen (secondary N) is 2. The van der Waals surface area contributed by atoms with E-state index in [1.54, 1.807) is 11.8 Å². The van der Waals surface area contributed by atoms with Crippen LogP contribution in [0.1, 0.15) is 12.7 Å². The van der Waals surface area contributed by atoms with Crippen LogP contribution in [0.15, 0.2) is 28.6 Å². The standard InChI is InChI=1S/C18H23N7OS2/c1-2-27-18-23-22-17(28-18)21-16(26)12-25-9-7-24(8-10-25)11-15-19-13-5-3-4-6-14(13)20-15/h3-6H,2,7-12H2,1H3,(H,19,20)(H,21,22,26). The lowest BCUT2D eigenvalue weighted by atomic mass is 10.3. The fraction of sp³-hybridized carbons (Fsp3) is 0.444. The Morgan fingerprint density at radius 1 is 1.21 bits per heavy atom. The molecule has 0 aliphatic carbocycles. The summed E-state index contributed by atoms with van der Waals surface area (Å²) in [4.78, 5) is 24.8. The van der Waals surface area contributed by atoms with Gasteiger partial charge in [0.25, 0.3) is 0 Å². The molecule has 0 spiro atoms. The summed E-state index contributed by atoms with van der Waals surface area (Å²) in [5, 5.41) is 11.5. The number of thioether (sulfide) groups is 1. The molecule has 3 heterocycles. The summed E-state index contributed by atoms with van der Waals surface area (Å²) in [5.41, 5.74) is 2.08. The number of aromatic amines is 1. The Morgan fingerprint density at radius 2 is 2.00 bits per heavy atom. The average Bonchev–Trinajstić information content (AvgIpc) is 3.29. The lowest BCUT2D eigenvalue weighted by Gasteiger charge is -2.33. The van der Waals surface area contributed by atoms with Crippen LogP contribution in [-0.2, 0) is 11.3 Å². The highest BCUT2D eigenvalue weighted by molar-refractivity contribution is 8.01. The van der Waals surface area contributed by atoms with E-state index in [-0.39, 0.29) is 5.91 Å². The van der Waals surface area contributed by atoms with E-state index in [4.69, 9.17) is 0 Å². The summed E-state index contributed by atoms with van der Waals surface area (Å²) in [6.07, 6.45) is 0. The molecule has 1 aliphatic heterocycles. The Morgan fingerprint density at radius 3 is 2.79 bits per heavy atom. The zero-order chi connectivity index (χ0) is 19.3. The SMILES string of the molecule is CCSc1nnc(NC(=O)CN2CCN(Cc3nc4ccccc4[nH]3)CC2)s1. The molecule has 0 unspecified atom stereocenters. The van der Waals surface area contributed by atoms with Crippen LogP contribution in [0.4, 0.5) is 5.13 Å². The molecule has 3 aromatic rings. The zero-order valence-corrected chi connectivity index (χ0v) is 17.4. The summed E-state index contributed by atoms with van der Waals surface area (Å²) in [6, 6.07) is 8.08. The van der Waals surface area contributed by atoms with Gasteiger partial charge in [0.15, 0.2) is 4.34 Å². The first kappa shape index (κ1) is 19.3. The molecule has 4 rings (SSSR count). The van der Waals surface area contributed by atoms with E-state index in [0.29, 0.717) is 11.7 Å². The van der Waals surface area contributed by atoms with Crippen molar-refractivity contribution in [2.24, 2.45) is 0 Å². The Bertz CT molecular complexity index is 900. The van der Waals surface area contributed by atoms with Gasteiger partial charge in [0, 0.05) is 26.2 Å². The predicted molar refractivity (Wildman–Crippen MR) is 113 cm³/mol. The number of benzene rings is 1. The number of carbonyl (C=O) groups excluding carboxylic acids is 1. The van der Waals surface area contributed by atoms with Gasteiger partial charge in [-0.3, -0.25) is 19.9 Å². The molecule has 1 aromatic carbocycles. The minimum atomic E-state index is -0.0325. The number of piperazine rings is 1. The molecule has 0 bridgehead atoms. The summed E-state index contributed by atoms with van der Waals surface area (Å²) >= 11 is 3.05. The van der Waals surface area contributed by atoms with Crippen LogP contribution in [0, 0.1) is 0 Å². The van der Waals surface area contributed by atoms with Gasteiger partial charge in [0.1, 0.15) is 5.82 Å². The molecule has 1 fully saturated rings. The molecule has 0 radical (unpaired) electrons. The third-order valence-electron chi connectivity index (χ3n) is 4.56. The number of H-pyrrole nitrogens is 1. The highest BCUT2D eigenvalue weighted by atomic mass is 32.2. The topological polar surface area (TPSA) is 90.0 Å². The number of para-hydroxylation sites is 2. The third kappa shape index (κ3) is 4.88. The van der Waals surface area contributed by atoms with Crippen molar-refractivity contribution in [2.45, 2.75) is 17.8 Å². The maximum absolute atomic E-state index is 12.3. The third-order valence-corrected chi connectivity index (χ3v) is 6.42. The van der Waals surface area contributed by atoms with Crippen molar-refractivity contribution in [3.8, 4) is 0 Å². The van der Waals surface area contributed by atoms with Crippen LogP contribution >= 0.6 is 23.1 Å². The van der Waals surface area contributed by atoms with Gasteiger partial charge < -0.3 is 4.98 Å². The van der Waals surface area contributed by atoms with E-state index >= 15 is 0 Å². The first-order valence-corrected chi connectivity index (χ1v) is 11.1. The average molecular weight is 418 g/mol. The number of fused-ring (bicyclic) bond motifs is 1. The van der Waals surface area contributed by atoms with E-state index in [2.05, 4.69) is 42.2 Å². The molecule has 0 atom stereocenters. The lowest BCUT2D eigenvalue weighted by Crippen LogP contribution is -2.48. The number of carbonyl (C=O) groups is 1. The second kappa shape index (κ2) is 8.99. The van der Waals surface area contributed by atoms with Gasteiger partial charge >= 0.3 is 0 Å². The van der Waals surface area contributed by atoms with Crippen molar-refractivity contribution in [3.63, 3.8) is 0 Å².